The lowest BCUT2D eigenvalue weighted by Gasteiger charge is -2.23. The molecule has 22 heavy (non-hydrogen) atoms. The smallest absolute Gasteiger partial charge is 0.247 e. The van der Waals surface area contributed by atoms with E-state index in [9.17, 15) is 4.79 Å². The van der Waals surface area contributed by atoms with E-state index in [2.05, 4.69) is 18.0 Å². The average Bonchev–Trinajstić information content (AvgIpc) is 3.07. The van der Waals surface area contributed by atoms with Crippen LogP contribution in [0.3, 0.4) is 0 Å². The highest BCUT2D eigenvalue weighted by molar-refractivity contribution is 5.96. The van der Waals surface area contributed by atoms with Gasteiger partial charge in [0.15, 0.2) is 0 Å². The number of para-hydroxylation sites is 3. The van der Waals surface area contributed by atoms with Gasteiger partial charge < -0.3 is 9.47 Å². The van der Waals surface area contributed by atoms with Crippen LogP contribution in [0.1, 0.15) is 12.5 Å². The second-order valence-electron chi connectivity index (χ2n) is 5.81. The van der Waals surface area contributed by atoms with Crippen molar-refractivity contribution in [3.8, 4) is 0 Å². The maximum absolute atomic E-state index is 12.8. The predicted octanol–water partition coefficient (Wildman–Crippen LogP) is 3.01. The third kappa shape index (κ3) is 1.99. The molecule has 0 spiro atoms. The molecule has 4 nitrogen and oxygen atoms in total. The molecule has 0 saturated carbocycles. The summed E-state index contributed by atoms with van der Waals surface area (Å²) in [5, 5.41) is 0. The minimum absolute atomic E-state index is 0.112. The number of carbonyl (C=O) groups excluding carboxylic acids is 1. The summed E-state index contributed by atoms with van der Waals surface area (Å²) in [5.74, 6) is 0.112. The summed E-state index contributed by atoms with van der Waals surface area (Å²) >= 11 is 0. The van der Waals surface area contributed by atoms with Crippen molar-refractivity contribution in [2.45, 2.75) is 25.9 Å². The largest absolute Gasteiger partial charge is 0.321 e. The van der Waals surface area contributed by atoms with Crippen LogP contribution in [0, 0.1) is 0 Å². The third-order valence-corrected chi connectivity index (χ3v) is 4.31. The number of carbonyl (C=O) groups is 1. The molecular formula is C18H17N3O. The number of imidazole rings is 1. The molecule has 0 radical (unpaired) electrons. The summed E-state index contributed by atoms with van der Waals surface area (Å²) in [6, 6.07) is 16.3. The fourth-order valence-electron chi connectivity index (χ4n) is 3.30. The Morgan fingerprint density at radius 3 is 2.86 bits per heavy atom. The van der Waals surface area contributed by atoms with Crippen molar-refractivity contribution in [2.24, 2.45) is 0 Å². The van der Waals surface area contributed by atoms with Gasteiger partial charge in [0, 0.05) is 11.7 Å². The van der Waals surface area contributed by atoms with E-state index >= 15 is 0 Å². The Kier molecular flexibility index (Phi) is 2.96. The van der Waals surface area contributed by atoms with Gasteiger partial charge in [-0.2, -0.15) is 0 Å². The standard InChI is InChI=1S/C18H17N3O/c1-13-10-14-6-2-4-8-16(14)21(13)18(22)11-20-12-19-15-7-3-5-9-17(15)20/h2-9,12-13H,10-11H2,1H3/t13-/m0/s1. The lowest BCUT2D eigenvalue weighted by Crippen LogP contribution is -2.37. The monoisotopic (exact) mass is 291 g/mol. The van der Waals surface area contributed by atoms with E-state index in [-0.39, 0.29) is 11.9 Å². The Morgan fingerprint density at radius 2 is 1.95 bits per heavy atom. The van der Waals surface area contributed by atoms with Crippen LogP contribution < -0.4 is 4.90 Å². The van der Waals surface area contributed by atoms with E-state index in [0.29, 0.717) is 6.54 Å². The van der Waals surface area contributed by atoms with Gasteiger partial charge >= 0.3 is 0 Å². The second kappa shape index (κ2) is 4.98. The van der Waals surface area contributed by atoms with Gasteiger partial charge in [-0.3, -0.25) is 4.79 Å². The van der Waals surface area contributed by atoms with Crippen molar-refractivity contribution in [2.75, 3.05) is 4.90 Å². The number of aromatic nitrogens is 2. The zero-order chi connectivity index (χ0) is 15.1. The van der Waals surface area contributed by atoms with Crippen molar-refractivity contribution in [1.82, 2.24) is 9.55 Å². The van der Waals surface area contributed by atoms with E-state index in [0.717, 1.165) is 23.1 Å². The van der Waals surface area contributed by atoms with E-state index < -0.39 is 0 Å². The zero-order valence-corrected chi connectivity index (χ0v) is 12.4. The van der Waals surface area contributed by atoms with Crippen molar-refractivity contribution in [3.63, 3.8) is 0 Å². The molecule has 1 atom stereocenters. The molecule has 1 aliphatic heterocycles. The Morgan fingerprint density at radius 1 is 1.18 bits per heavy atom. The Labute approximate surface area is 129 Å². The zero-order valence-electron chi connectivity index (χ0n) is 12.4. The van der Waals surface area contributed by atoms with Crippen LogP contribution in [0.4, 0.5) is 5.69 Å². The predicted molar refractivity (Wildman–Crippen MR) is 86.8 cm³/mol. The first-order valence-corrected chi connectivity index (χ1v) is 7.54. The first-order valence-electron chi connectivity index (χ1n) is 7.54. The number of fused-ring (bicyclic) bond motifs is 2. The van der Waals surface area contributed by atoms with Crippen molar-refractivity contribution in [3.05, 3.63) is 60.4 Å². The number of hydrogen-bond donors (Lipinski definition) is 0. The number of hydrogen-bond acceptors (Lipinski definition) is 2. The van der Waals surface area contributed by atoms with Gasteiger partial charge in [0.1, 0.15) is 6.54 Å². The second-order valence-corrected chi connectivity index (χ2v) is 5.81. The minimum Gasteiger partial charge on any atom is -0.321 e. The maximum atomic E-state index is 12.8. The van der Waals surface area contributed by atoms with Crippen molar-refractivity contribution < 1.29 is 4.79 Å². The van der Waals surface area contributed by atoms with Crippen LogP contribution in [0.5, 0.6) is 0 Å². The number of rotatable bonds is 2. The van der Waals surface area contributed by atoms with Crippen molar-refractivity contribution >= 4 is 22.6 Å². The third-order valence-electron chi connectivity index (χ3n) is 4.31. The SMILES string of the molecule is C[C@H]1Cc2ccccc2N1C(=O)Cn1cnc2ccccc21. The molecule has 0 N–H and O–H groups in total. The molecule has 0 fully saturated rings. The molecule has 0 unspecified atom stereocenters. The Bertz CT molecular complexity index is 852. The van der Waals surface area contributed by atoms with Crippen LogP contribution in [0.25, 0.3) is 11.0 Å². The summed E-state index contributed by atoms with van der Waals surface area (Å²) < 4.78 is 1.92. The molecule has 2 aromatic carbocycles. The number of amides is 1. The molecule has 0 bridgehead atoms. The summed E-state index contributed by atoms with van der Waals surface area (Å²) in [5.41, 5.74) is 4.21. The summed E-state index contributed by atoms with van der Waals surface area (Å²) in [6.07, 6.45) is 2.67. The first kappa shape index (κ1) is 13.1. The number of anilines is 1. The van der Waals surface area contributed by atoms with Crippen LogP contribution in [0.2, 0.25) is 0 Å². The minimum atomic E-state index is 0.112. The van der Waals surface area contributed by atoms with Gasteiger partial charge in [0.2, 0.25) is 5.91 Å². The first-order chi connectivity index (χ1) is 10.7. The summed E-state index contributed by atoms with van der Waals surface area (Å²) in [4.78, 5) is 19.1. The lowest BCUT2D eigenvalue weighted by molar-refractivity contribution is -0.119. The van der Waals surface area contributed by atoms with E-state index in [1.165, 1.54) is 5.56 Å². The van der Waals surface area contributed by atoms with Crippen LogP contribution in [0.15, 0.2) is 54.9 Å². The molecule has 4 heteroatoms. The number of nitrogens with zero attached hydrogens (tertiary/aromatic N) is 3. The van der Waals surface area contributed by atoms with E-state index in [1.807, 2.05) is 51.9 Å². The molecule has 4 rings (SSSR count). The molecule has 1 aromatic heterocycles. The van der Waals surface area contributed by atoms with Crippen LogP contribution in [-0.2, 0) is 17.8 Å². The van der Waals surface area contributed by atoms with E-state index in [4.69, 9.17) is 0 Å². The normalized spacial score (nSPS) is 17.0. The highest BCUT2D eigenvalue weighted by atomic mass is 16.2. The molecule has 110 valence electrons. The molecule has 1 aliphatic rings. The van der Waals surface area contributed by atoms with E-state index in [1.54, 1.807) is 6.33 Å². The molecular weight excluding hydrogens is 274 g/mol. The molecule has 3 aromatic rings. The number of benzene rings is 2. The maximum Gasteiger partial charge on any atom is 0.247 e. The summed E-state index contributed by atoms with van der Waals surface area (Å²) in [6.45, 7) is 2.42. The molecule has 0 saturated heterocycles. The fourth-order valence-corrected chi connectivity index (χ4v) is 3.30. The Hall–Kier alpha value is -2.62. The molecule has 1 amide bonds. The van der Waals surface area contributed by atoms with Gasteiger partial charge in [-0.25, -0.2) is 4.98 Å². The van der Waals surface area contributed by atoms with Gasteiger partial charge in [0.05, 0.1) is 17.4 Å². The van der Waals surface area contributed by atoms with Crippen LogP contribution >= 0.6 is 0 Å². The molecule has 2 heterocycles. The fraction of sp³-hybridized carbons (Fsp3) is 0.222. The quantitative estimate of drug-likeness (QED) is 0.728. The van der Waals surface area contributed by atoms with Crippen LogP contribution in [-0.4, -0.2) is 21.5 Å². The summed E-state index contributed by atoms with van der Waals surface area (Å²) in [7, 11) is 0. The highest BCUT2D eigenvalue weighted by Gasteiger charge is 2.30. The van der Waals surface area contributed by atoms with Crippen molar-refractivity contribution in [1.29, 1.82) is 0 Å². The average molecular weight is 291 g/mol. The molecule has 0 aliphatic carbocycles. The van der Waals surface area contributed by atoms with Gasteiger partial charge in [-0.15, -0.1) is 0 Å². The van der Waals surface area contributed by atoms with Gasteiger partial charge in [0.25, 0.3) is 0 Å². The lowest BCUT2D eigenvalue weighted by atomic mass is 10.1. The Balaban J connectivity index is 1.65. The van der Waals surface area contributed by atoms with Gasteiger partial charge in [-0.05, 0) is 37.1 Å². The topological polar surface area (TPSA) is 38.1 Å². The van der Waals surface area contributed by atoms with Gasteiger partial charge in [-0.1, -0.05) is 30.3 Å². The highest BCUT2D eigenvalue weighted by Crippen LogP contribution is 2.32.